The number of aryl methyl sites for hydroxylation is 2. The van der Waals surface area contributed by atoms with E-state index in [-0.39, 0.29) is 5.91 Å². The number of hydrogen-bond acceptors (Lipinski definition) is 5. The molecule has 1 saturated heterocycles. The summed E-state index contributed by atoms with van der Waals surface area (Å²) < 4.78 is 1.91. The van der Waals surface area contributed by atoms with Crippen LogP contribution in [-0.2, 0) is 0 Å². The van der Waals surface area contributed by atoms with Crippen LogP contribution >= 0.6 is 0 Å². The van der Waals surface area contributed by atoms with E-state index in [9.17, 15) is 4.79 Å². The van der Waals surface area contributed by atoms with Gasteiger partial charge in [-0.25, -0.2) is 4.98 Å². The molecule has 7 heteroatoms. The molecule has 0 bridgehead atoms. The molecule has 0 atom stereocenters. The first-order valence-electron chi connectivity index (χ1n) is 8.90. The summed E-state index contributed by atoms with van der Waals surface area (Å²) in [6.45, 7) is 7.08. The second-order valence-electron chi connectivity index (χ2n) is 6.68. The van der Waals surface area contributed by atoms with Crippen molar-refractivity contribution in [1.82, 2.24) is 24.5 Å². The number of nitrogens with zero attached hydrogens (tertiary/aromatic N) is 6. The minimum absolute atomic E-state index is 0.0697. The van der Waals surface area contributed by atoms with Gasteiger partial charge in [0.05, 0.1) is 5.69 Å². The number of hydrogen-bond donors (Lipinski definition) is 0. The first-order chi connectivity index (χ1) is 12.6. The molecule has 1 fully saturated rings. The molecule has 1 aliphatic heterocycles. The van der Waals surface area contributed by atoms with Gasteiger partial charge in [0.1, 0.15) is 5.82 Å². The van der Waals surface area contributed by atoms with E-state index >= 15 is 0 Å². The molecule has 7 nitrogen and oxygen atoms in total. The molecule has 0 radical (unpaired) electrons. The second kappa shape index (κ2) is 6.74. The van der Waals surface area contributed by atoms with Crippen LogP contribution in [-0.4, -0.2) is 56.6 Å². The molecule has 0 aromatic carbocycles. The van der Waals surface area contributed by atoms with E-state index in [1.807, 2.05) is 29.3 Å². The van der Waals surface area contributed by atoms with Gasteiger partial charge in [0, 0.05) is 62.0 Å². The Morgan fingerprint density at radius 1 is 1.00 bits per heavy atom. The van der Waals surface area contributed by atoms with Crippen LogP contribution in [0.15, 0.2) is 36.7 Å². The van der Waals surface area contributed by atoms with Gasteiger partial charge in [-0.15, -0.1) is 0 Å². The summed E-state index contributed by atoms with van der Waals surface area (Å²) in [5, 5.41) is 4.59. The van der Waals surface area contributed by atoms with Crippen molar-refractivity contribution in [2.45, 2.75) is 20.3 Å². The lowest BCUT2D eigenvalue weighted by atomic mass is 10.2. The lowest BCUT2D eigenvalue weighted by Gasteiger charge is -2.24. The fourth-order valence-corrected chi connectivity index (χ4v) is 3.45. The van der Waals surface area contributed by atoms with E-state index in [4.69, 9.17) is 0 Å². The van der Waals surface area contributed by atoms with Crippen molar-refractivity contribution in [2.75, 3.05) is 31.1 Å². The van der Waals surface area contributed by atoms with Crippen LogP contribution in [0.3, 0.4) is 0 Å². The van der Waals surface area contributed by atoms with E-state index < -0.39 is 0 Å². The van der Waals surface area contributed by atoms with Crippen LogP contribution in [0.5, 0.6) is 0 Å². The van der Waals surface area contributed by atoms with Gasteiger partial charge in [0.15, 0.2) is 5.65 Å². The minimum Gasteiger partial charge on any atom is -0.355 e. The lowest BCUT2D eigenvalue weighted by molar-refractivity contribution is 0.0767. The summed E-state index contributed by atoms with van der Waals surface area (Å²) >= 11 is 0. The van der Waals surface area contributed by atoms with Crippen molar-refractivity contribution in [3.63, 3.8) is 0 Å². The monoisotopic (exact) mass is 350 g/mol. The summed E-state index contributed by atoms with van der Waals surface area (Å²) in [6.07, 6.45) is 4.24. The van der Waals surface area contributed by atoms with Crippen LogP contribution in [0.25, 0.3) is 5.65 Å². The zero-order valence-corrected chi connectivity index (χ0v) is 15.1. The molecule has 3 aromatic heterocycles. The maximum atomic E-state index is 12.7. The van der Waals surface area contributed by atoms with Gasteiger partial charge >= 0.3 is 0 Å². The Kier molecular flexibility index (Phi) is 4.28. The van der Waals surface area contributed by atoms with Crippen molar-refractivity contribution in [1.29, 1.82) is 0 Å². The molecule has 0 N–H and O–H groups in total. The van der Waals surface area contributed by atoms with Gasteiger partial charge in [-0.3, -0.25) is 9.78 Å². The van der Waals surface area contributed by atoms with Gasteiger partial charge < -0.3 is 9.80 Å². The zero-order valence-electron chi connectivity index (χ0n) is 15.1. The summed E-state index contributed by atoms with van der Waals surface area (Å²) in [5.74, 6) is 1.11. The topological polar surface area (TPSA) is 66.6 Å². The number of rotatable bonds is 2. The molecule has 3 aromatic rings. The van der Waals surface area contributed by atoms with Crippen molar-refractivity contribution < 1.29 is 4.79 Å². The largest absolute Gasteiger partial charge is 0.355 e. The fourth-order valence-electron chi connectivity index (χ4n) is 3.45. The lowest BCUT2D eigenvalue weighted by Crippen LogP contribution is -2.35. The van der Waals surface area contributed by atoms with Gasteiger partial charge in [0.25, 0.3) is 5.91 Å². The zero-order chi connectivity index (χ0) is 18.1. The van der Waals surface area contributed by atoms with Gasteiger partial charge in [0.2, 0.25) is 0 Å². The third kappa shape index (κ3) is 3.12. The molecule has 0 unspecified atom stereocenters. The van der Waals surface area contributed by atoms with E-state index in [2.05, 4.69) is 26.0 Å². The number of aromatic nitrogens is 4. The van der Waals surface area contributed by atoms with Crippen molar-refractivity contribution in [3.05, 3.63) is 53.6 Å². The number of amides is 1. The van der Waals surface area contributed by atoms with Crippen LogP contribution in [0.4, 0.5) is 5.82 Å². The quantitative estimate of drug-likeness (QED) is 0.708. The van der Waals surface area contributed by atoms with Gasteiger partial charge in [-0.1, -0.05) is 0 Å². The average Bonchev–Trinajstić information content (AvgIpc) is 2.86. The predicted octanol–water partition coefficient (Wildman–Crippen LogP) is 2.09. The van der Waals surface area contributed by atoms with Crippen LogP contribution in [0.2, 0.25) is 0 Å². The number of fused-ring (bicyclic) bond motifs is 1. The maximum Gasteiger partial charge on any atom is 0.254 e. The Morgan fingerprint density at radius 3 is 2.62 bits per heavy atom. The second-order valence-corrected chi connectivity index (χ2v) is 6.68. The molecule has 26 heavy (non-hydrogen) atoms. The van der Waals surface area contributed by atoms with E-state index in [1.54, 1.807) is 24.5 Å². The first-order valence-corrected chi connectivity index (χ1v) is 8.90. The van der Waals surface area contributed by atoms with Crippen molar-refractivity contribution in [3.8, 4) is 0 Å². The number of carbonyl (C=O) groups excluding carboxylic acids is 1. The Morgan fingerprint density at radius 2 is 1.81 bits per heavy atom. The third-order valence-corrected chi connectivity index (χ3v) is 4.69. The highest BCUT2D eigenvalue weighted by molar-refractivity contribution is 5.94. The highest BCUT2D eigenvalue weighted by Crippen LogP contribution is 2.20. The first kappa shape index (κ1) is 16.5. The third-order valence-electron chi connectivity index (χ3n) is 4.69. The van der Waals surface area contributed by atoms with E-state index in [0.717, 1.165) is 48.9 Å². The predicted molar refractivity (Wildman–Crippen MR) is 99.4 cm³/mol. The Hall–Kier alpha value is -2.96. The molecule has 4 rings (SSSR count). The summed E-state index contributed by atoms with van der Waals surface area (Å²) in [5.41, 5.74) is 3.49. The van der Waals surface area contributed by atoms with E-state index in [0.29, 0.717) is 12.1 Å². The van der Waals surface area contributed by atoms with Crippen LogP contribution < -0.4 is 4.90 Å². The molecule has 0 aliphatic carbocycles. The van der Waals surface area contributed by atoms with Crippen LogP contribution in [0.1, 0.15) is 28.2 Å². The molecule has 0 saturated carbocycles. The maximum absolute atomic E-state index is 12.7. The molecule has 1 aliphatic rings. The van der Waals surface area contributed by atoms with Crippen molar-refractivity contribution >= 4 is 17.4 Å². The standard InChI is InChI=1S/C19H22N6O/c1-14-13-18(25-17(21-14)12-15(2)22-25)23-8-3-9-24(11-10-23)19(26)16-4-6-20-7-5-16/h4-7,12-13H,3,8-11H2,1-2H3. The molecular formula is C19H22N6O. The smallest absolute Gasteiger partial charge is 0.254 e. The summed E-state index contributed by atoms with van der Waals surface area (Å²) in [4.78, 5) is 25.5. The Balaban J connectivity index is 1.57. The minimum atomic E-state index is 0.0697. The SMILES string of the molecule is Cc1cc(N2CCCN(C(=O)c3ccncc3)CC2)n2nc(C)cc2n1. The Labute approximate surface area is 152 Å². The molecule has 1 amide bonds. The van der Waals surface area contributed by atoms with E-state index in [1.165, 1.54) is 0 Å². The summed E-state index contributed by atoms with van der Waals surface area (Å²) in [7, 11) is 0. The van der Waals surface area contributed by atoms with Crippen LogP contribution in [0, 0.1) is 13.8 Å². The molecule has 0 spiro atoms. The highest BCUT2D eigenvalue weighted by atomic mass is 16.2. The summed E-state index contributed by atoms with van der Waals surface area (Å²) in [6, 6.07) is 7.61. The fraction of sp³-hybridized carbons (Fsp3) is 0.368. The highest BCUT2D eigenvalue weighted by Gasteiger charge is 2.22. The number of pyridine rings is 1. The van der Waals surface area contributed by atoms with Gasteiger partial charge in [-0.2, -0.15) is 9.61 Å². The Bertz CT molecular complexity index is 936. The van der Waals surface area contributed by atoms with Crippen molar-refractivity contribution in [2.24, 2.45) is 0 Å². The number of carbonyl (C=O) groups is 1. The van der Waals surface area contributed by atoms with Gasteiger partial charge in [-0.05, 0) is 32.4 Å². The molecular weight excluding hydrogens is 328 g/mol. The molecule has 4 heterocycles. The number of anilines is 1. The normalized spacial score (nSPS) is 15.3. The average molecular weight is 350 g/mol. The molecule has 134 valence electrons.